The maximum absolute atomic E-state index is 2.46. The van der Waals surface area contributed by atoms with Crippen LogP contribution in [0.3, 0.4) is 0 Å². The highest BCUT2D eigenvalue weighted by Gasteiger charge is 2.29. The molecule has 0 amide bonds. The molecule has 0 aromatic heterocycles. The van der Waals surface area contributed by atoms with Crippen LogP contribution in [0.2, 0.25) is 0 Å². The summed E-state index contributed by atoms with van der Waals surface area (Å²) < 4.78 is 0. The summed E-state index contributed by atoms with van der Waals surface area (Å²) in [6, 6.07) is 0. The smallest absolute Gasteiger partial charge is 0.0303 e. The Morgan fingerprint density at radius 2 is 0.825 bits per heavy atom. The van der Waals surface area contributed by atoms with Crippen LogP contribution in [0.4, 0.5) is 0 Å². The van der Waals surface area contributed by atoms with Crippen LogP contribution in [0.5, 0.6) is 0 Å². The predicted molar refractivity (Wildman–Crippen MR) is 188 cm³/mol. The van der Waals surface area contributed by atoms with E-state index >= 15 is 0 Å². The molecule has 0 aromatic carbocycles. The van der Waals surface area contributed by atoms with E-state index in [2.05, 4.69) is 111 Å². The van der Waals surface area contributed by atoms with Crippen molar-refractivity contribution < 1.29 is 0 Å². The van der Waals surface area contributed by atoms with Crippen LogP contribution in [0.15, 0.2) is 0 Å². The van der Waals surface area contributed by atoms with E-state index in [9.17, 15) is 0 Å². The topological polar surface area (TPSA) is 0 Å². The molecule has 0 unspecified atom stereocenters. The Bertz CT molecular complexity index is 527. The minimum atomic E-state index is 0.500. The summed E-state index contributed by atoms with van der Waals surface area (Å²) in [5.41, 5.74) is 1.86. The average molecular weight is 565 g/mol. The van der Waals surface area contributed by atoms with Crippen LogP contribution in [0, 0.1) is 51.8 Å². The Labute approximate surface area is 258 Å². The highest BCUT2D eigenvalue weighted by Crippen LogP contribution is 2.41. The van der Waals surface area contributed by atoms with E-state index in [1.165, 1.54) is 96.3 Å². The van der Waals surface area contributed by atoms with Gasteiger partial charge in [-0.2, -0.15) is 0 Å². The summed E-state index contributed by atoms with van der Waals surface area (Å²) in [5.74, 6) is 5.37. The van der Waals surface area contributed by atoms with Gasteiger partial charge >= 0.3 is 0 Å². The zero-order chi connectivity index (χ0) is 31.6. The lowest BCUT2D eigenvalue weighted by Crippen LogP contribution is -2.25. The van der Waals surface area contributed by atoms with Gasteiger partial charge in [0.1, 0.15) is 0 Å². The Morgan fingerprint density at radius 1 is 0.500 bits per heavy atom. The van der Waals surface area contributed by atoms with Gasteiger partial charge in [0.15, 0.2) is 0 Å². The molecule has 244 valence electrons. The molecule has 0 heteroatoms. The van der Waals surface area contributed by atoms with E-state index in [1.807, 2.05) is 0 Å². The van der Waals surface area contributed by atoms with Gasteiger partial charge in [0, 0.05) is 0 Å². The summed E-state index contributed by atoms with van der Waals surface area (Å²) in [4.78, 5) is 0. The largest absolute Gasteiger partial charge is 0.0625 e. The quantitative estimate of drug-likeness (QED) is 0.320. The molecule has 0 aromatic rings. The van der Waals surface area contributed by atoms with Crippen LogP contribution < -0.4 is 0 Å². The Hall–Kier alpha value is 0. The number of hydrogen-bond acceptors (Lipinski definition) is 0. The predicted octanol–water partition coefficient (Wildman–Crippen LogP) is 14.8. The standard InChI is InChI=1S/C10H20.C9H18.C8H16.C7H16.C6H14/c1-9(2)10(3)7-5-4-6-8-10;1-8(2)9-6-4-3-5-7-9;1-8(2)6-4-3-5-7-8;1-6(2)7(3,4)5;1-5(2)6(3)4/h9H,4-8H2,1-3H3;8-9H,3-7H2,1-2H3;3-7H2,1-2H3;6H,1-5H3;5-6H,1-4H3. The molecule has 40 heavy (non-hydrogen) atoms. The van der Waals surface area contributed by atoms with Gasteiger partial charge in [0.25, 0.3) is 0 Å². The first-order valence-corrected chi connectivity index (χ1v) is 18.2. The highest BCUT2D eigenvalue weighted by molar-refractivity contribution is 4.80. The lowest BCUT2D eigenvalue weighted by molar-refractivity contribution is 0.143. The molecule has 0 atom stereocenters. The molecule has 0 heterocycles. The third kappa shape index (κ3) is 22.6. The molecule has 3 fully saturated rings. The summed E-state index contributed by atoms with van der Waals surface area (Å²) in [7, 11) is 0. The second-order valence-electron chi connectivity index (χ2n) is 17.7. The molecule has 3 rings (SSSR count). The molecule has 0 bridgehead atoms. The highest BCUT2D eigenvalue weighted by atomic mass is 14.3. The summed E-state index contributed by atoms with van der Waals surface area (Å²) in [5, 5.41) is 0. The van der Waals surface area contributed by atoms with Crippen molar-refractivity contribution >= 4 is 0 Å². The van der Waals surface area contributed by atoms with Crippen molar-refractivity contribution in [3.05, 3.63) is 0 Å². The normalized spacial score (nSPS) is 20.9. The minimum absolute atomic E-state index is 0.500. The molecule has 3 aliphatic rings. The van der Waals surface area contributed by atoms with Gasteiger partial charge in [0.2, 0.25) is 0 Å². The van der Waals surface area contributed by atoms with Crippen molar-refractivity contribution in [2.75, 3.05) is 0 Å². The van der Waals surface area contributed by atoms with Crippen molar-refractivity contribution in [3.8, 4) is 0 Å². The fourth-order valence-electron chi connectivity index (χ4n) is 5.25. The van der Waals surface area contributed by atoms with Gasteiger partial charge in [-0.05, 0) is 77.4 Å². The molecule has 0 N–H and O–H groups in total. The first-order valence-electron chi connectivity index (χ1n) is 18.2. The van der Waals surface area contributed by atoms with Gasteiger partial charge in [0.05, 0.1) is 0 Å². The van der Waals surface area contributed by atoms with Crippen LogP contribution in [-0.2, 0) is 0 Å². The molecular weight excluding hydrogens is 480 g/mol. The lowest BCUT2D eigenvalue weighted by Gasteiger charge is -2.37. The SMILES string of the molecule is CC(C)C(C)(C)C.CC(C)C(C)C.CC(C)C1(C)CCCCC1.CC(C)C1CCCCC1.CC1(C)CCCCC1. The molecule has 0 radical (unpaired) electrons. The maximum Gasteiger partial charge on any atom is -0.0303 e. The lowest BCUT2D eigenvalue weighted by atomic mass is 9.69. The van der Waals surface area contributed by atoms with Crippen LogP contribution in [0.1, 0.15) is 207 Å². The molecule has 0 spiro atoms. The van der Waals surface area contributed by atoms with Crippen molar-refractivity contribution in [2.45, 2.75) is 207 Å². The van der Waals surface area contributed by atoms with Crippen molar-refractivity contribution in [1.29, 1.82) is 0 Å². The first kappa shape index (κ1) is 42.1. The minimum Gasteiger partial charge on any atom is -0.0625 e. The zero-order valence-corrected chi connectivity index (χ0v) is 31.6. The second-order valence-corrected chi connectivity index (χ2v) is 17.7. The van der Waals surface area contributed by atoms with E-state index in [0.29, 0.717) is 16.2 Å². The van der Waals surface area contributed by atoms with E-state index in [1.54, 1.807) is 0 Å². The van der Waals surface area contributed by atoms with Gasteiger partial charge in [-0.3, -0.25) is 0 Å². The van der Waals surface area contributed by atoms with Gasteiger partial charge in [-0.15, -0.1) is 0 Å². The average Bonchev–Trinajstić information content (AvgIpc) is 2.86. The molecule has 0 aliphatic heterocycles. The van der Waals surface area contributed by atoms with Gasteiger partial charge < -0.3 is 0 Å². The van der Waals surface area contributed by atoms with E-state index < -0.39 is 0 Å². The Balaban J connectivity index is 0. The first-order chi connectivity index (χ1) is 18.2. The van der Waals surface area contributed by atoms with Crippen LogP contribution >= 0.6 is 0 Å². The van der Waals surface area contributed by atoms with E-state index in [4.69, 9.17) is 0 Å². The molecule has 3 saturated carbocycles. The summed E-state index contributed by atoms with van der Waals surface area (Å²) in [6.45, 7) is 36.9. The van der Waals surface area contributed by atoms with Crippen molar-refractivity contribution in [2.24, 2.45) is 51.8 Å². The third-order valence-electron chi connectivity index (χ3n) is 11.3. The Morgan fingerprint density at radius 3 is 1.00 bits per heavy atom. The van der Waals surface area contributed by atoms with E-state index in [0.717, 1.165) is 35.5 Å². The van der Waals surface area contributed by atoms with Crippen LogP contribution in [0.25, 0.3) is 0 Å². The van der Waals surface area contributed by atoms with E-state index in [-0.39, 0.29) is 0 Å². The zero-order valence-electron chi connectivity index (χ0n) is 31.6. The number of hydrogen-bond donors (Lipinski definition) is 0. The molecule has 3 aliphatic carbocycles. The molecular formula is C40H84. The van der Waals surface area contributed by atoms with Gasteiger partial charge in [-0.25, -0.2) is 0 Å². The molecule has 0 saturated heterocycles. The van der Waals surface area contributed by atoms with Crippen molar-refractivity contribution in [1.82, 2.24) is 0 Å². The summed E-state index contributed by atoms with van der Waals surface area (Å²) in [6.07, 6.45) is 22.1. The Kier molecular flexibility index (Phi) is 22.8. The van der Waals surface area contributed by atoms with Gasteiger partial charge in [-0.1, -0.05) is 181 Å². The maximum atomic E-state index is 2.46. The third-order valence-corrected chi connectivity index (χ3v) is 11.3. The van der Waals surface area contributed by atoms with Crippen LogP contribution in [-0.4, -0.2) is 0 Å². The fourth-order valence-corrected chi connectivity index (χ4v) is 5.25. The fraction of sp³-hybridized carbons (Fsp3) is 1.00. The number of rotatable bonds is 3. The monoisotopic (exact) mass is 565 g/mol. The summed E-state index contributed by atoms with van der Waals surface area (Å²) >= 11 is 0. The van der Waals surface area contributed by atoms with Crippen molar-refractivity contribution in [3.63, 3.8) is 0 Å². The second kappa shape index (κ2) is 21.7. The molecule has 0 nitrogen and oxygen atoms in total.